The van der Waals surface area contributed by atoms with Crippen molar-refractivity contribution >= 4 is 22.5 Å². The van der Waals surface area contributed by atoms with Crippen LogP contribution in [-0.4, -0.2) is 23.3 Å². The summed E-state index contributed by atoms with van der Waals surface area (Å²) in [5.74, 6) is -0.0272. The molecule has 80 valence electrons. The molecule has 2 heterocycles. The van der Waals surface area contributed by atoms with E-state index in [1.165, 1.54) is 0 Å². The summed E-state index contributed by atoms with van der Waals surface area (Å²) >= 11 is 5.53. The maximum atomic E-state index is 11.1. The van der Waals surface area contributed by atoms with Crippen LogP contribution >= 0.6 is 11.6 Å². The van der Waals surface area contributed by atoms with E-state index in [0.29, 0.717) is 6.54 Å². The summed E-state index contributed by atoms with van der Waals surface area (Å²) in [6.45, 7) is 1.69. The molecule has 0 bridgehead atoms. The van der Waals surface area contributed by atoms with Crippen LogP contribution in [0.2, 0.25) is 0 Å². The van der Waals surface area contributed by atoms with Crippen molar-refractivity contribution in [2.75, 3.05) is 18.0 Å². The lowest BCUT2D eigenvalue weighted by Gasteiger charge is -2.32. The zero-order valence-electron chi connectivity index (χ0n) is 8.40. The van der Waals surface area contributed by atoms with E-state index in [1.54, 1.807) is 6.20 Å². The molecule has 2 rings (SSSR count). The lowest BCUT2D eigenvalue weighted by molar-refractivity contribution is -0.115. The van der Waals surface area contributed by atoms with Gasteiger partial charge in [0.05, 0.1) is 17.8 Å². The van der Waals surface area contributed by atoms with Crippen LogP contribution < -0.4 is 4.90 Å². The van der Waals surface area contributed by atoms with Crippen LogP contribution in [0.25, 0.3) is 0 Å². The van der Waals surface area contributed by atoms with Gasteiger partial charge < -0.3 is 4.90 Å². The lowest BCUT2D eigenvalue weighted by Crippen LogP contribution is -2.37. The second kappa shape index (κ2) is 4.62. The molecule has 0 aromatic carbocycles. The molecule has 1 saturated heterocycles. The summed E-state index contributed by atoms with van der Waals surface area (Å²) in [5.41, 5.74) is 1.07. The van der Waals surface area contributed by atoms with Gasteiger partial charge >= 0.3 is 0 Å². The summed E-state index contributed by atoms with van der Waals surface area (Å²) < 4.78 is 0. The molecule has 0 radical (unpaired) electrons. The number of halogens is 1. The Labute approximate surface area is 94.1 Å². The summed E-state index contributed by atoms with van der Waals surface area (Å²) in [6.07, 6.45) is 5.48. The number of carbonyl (C=O) groups is 1. The predicted octanol–water partition coefficient (Wildman–Crippen LogP) is 2.06. The Morgan fingerprint density at radius 2 is 2.47 bits per heavy atom. The highest BCUT2D eigenvalue weighted by molar-refractivity contribution is 6.64. The molecule has 1 aliphatic heterocycles. The lowest BCUT2D eigenvalue weighted by atomic mass is 9.99. The third kappa shape index (κ3) is 2.48. The number of aromatic nitrogens is 1. The molecular formula is C11H13ClN2O. The monoisotopic (exact) mass is 224 g/mol. The van der Waals surface area contributed by atoms with E-state index >= 15 is 0 Å². The van der Waals surface area contributed by atoms with E-state index in [1.807, 2.05) is 18.3 Å². The van der Waals surface area contributed by atoms with Gasteiger partial charge in [-0.15, -0.1) is 0 Å². The van der Waals surface area contributed by atoms with E-state index < -0.39 is 0 Å². The number of nitrogens with zero attached hydrogens (tertiary/aromatic N) is 2. The van der Waals surface area contributed by atoms with Crippen molar-refractivity contribution in [2.45, 2.75) is 12.8 Å². The number of rotatable bonds is 2. The van der Waals surface area contributed by atoms with Gasteiger partial charge in [-0.25, -0.2) is 0 Å². The summed E-state index contributed by atoms with van der Waals surface area (Å²) in [6, 6.07) is 3.91. The second-order valence-electron chi connectivity index (χ2n) is 3.80. The van der Waals surface area contributed by atoms with Crippen molar-refractivity contribution in [1.29, 1.82) is 0 Å². The zero-order valence-corrected chi connectivity index (χ0v) is 9.15. The fourth-order valence-corrected chi connectivity index (χ4v) is 2.12. The molecule has 1 atom stereocenters. The Morgan fingerprint density at radius 3 is 3.13 bits per heavy atom. The van der Waals surface area contributed by atoms with Crippen molar-refractivity contribution in [3.05, 3.63) is 24.5 Å². The van der Waals surface area contributed by atoms with Crippen LogP contribution in [0.5, 0.6) is 0 Å². The van der Waals surface area contributed by atoms with Gasteiger partial charge in [0.15, 0.2) is 0 Å². The molecule has 1 aromatic rings. The molecule has 0 amide bonds. The van der Waals surface area contributed by atoms with Gasteiger partial charge in [-0.1, -0.05) is 0 Å². The molecule has 0 aliphatic carbocycles. The summed E-state index contributed by atoms with van der Waals surface area (Å²) in [5, 5.41) is -0.219. The molecule has 0 N–H and O–H groups in total. The van der Waals surface area contributed by atoms with Crippen molar-refractivity contribution in [2.24, 2.45) is 5.92 Å². The van der Waals surface area contributed by atoms with Crippen LogP contribution in [0.15, 0.2) is 24.5 Å². The molecule has 15 heavy (non-hydrogen) atoms. The normalized spacial score (nSPS) is 21.4. The van der Waals surface area contributed by atoms with Gasteiger partial charge in [0, 0.05) is 19.3 Å². The quantitative estimate of drug-likeness (QED) is 0.721. The third-order valence-electron chi connectivity index (χ3n) is 2.75. The Hall–Kier alpha value is -1.09. The van der Waals surface area contributed by atoms with Crippen molar-refractivity contribution in [3.63, 3.8) is 0 Å². The number of pyridine rings is 1. The van der Waals surface area contributed by atoms with Crippen LogP contribution in [-0.2, 0) is 4.79 Å². The number of hydrogen-bond donors (Lipinski definition) is 0. The topological polar surface area (TPSA) is 33.2 Å². The third-order valence-corrected chi connectivity index (χ3v) is 3.06. The molecule has 1 fully saturated rings. The van der Waals surface area contributed by atoms with Crippen LogP contribution in [0.4, 0.5) is 5.69 Å². The van der Waals surface area contributed by atoms with Crippen LogP contribution in [0.1, 0.15) is 12.8 Å². The van der Waals surface area contributed by atoms with E-state index in [4.69, 9.17) is 11.6 Å². The molecule has 3 nitrogen and oxygen atoms in total. The molecule has 1 aromatic heterocycles. The van der Waals surface area contributed by atoms with E-state index in [-0.39, 0.29) is 11.2 Å². The highest BCUT2D eigenvalue weighted by Gasteiger charge is 2.24. The number of hydrogen-bond acceptors (Lipinski definition) is 3. The molecule has 1 aliphatic rings. The van der Waals surface area contributed by atoms with E-state index in [2.05, 4.69) is 9.88 Å². The molecule has 0 saturated carbocycles. The average Bonchev–Trinajstić information content (AvgIpc) is 2.30. The second-order valence-corrected chi connectivity index (χ2v) is 4.17. The molecule has 0 spiro atoms. The number of anilines is 1. The van der Waals surface area contributed by atoms with Crippen molar-refractivity contribution < 1.29 is 4.79 Å². The Kier molecular flexibility index (Phi) is 3.21. The largest absolute Gasteiger partial charge is 0.370 e. The minimum atomic E-state index is -0.219. The average molecular weight is 225 g/mol. The first kappa shape index (κ1) is 10.4. The van der Waals surface area contributed by atoms with Crippen LogP contribution in [0.3, 0.4) is 0 Å². The Morgan fingerprint density at radius 1 is 1.60 bits per heavy atom. The van der Waals surface area contributed by atoms with Gasteiger partial charge in [-0.3, -0.25) is 9.78 Å². The molecular weight excluding hydrogens is 212 g/mol. The van der Waals surface area contributed by atoms with Crippen molar-refractivity contribution in [3.8, 4) is 0 Å². The maximum absolute atomic E-state index is 11.1. The first-order valence-corrected chi connectivity index (χ1v) is 5.49. The summed E-state index contributed by atoms with van der Waals surface area (Å²) in [4.78, 5) is 17.3. The minimum Gasteiger partial charge on any atom is -0.370 e. The van der Waals surface area contributed by atoms with E-state index in [0.717, 1.165) is 25.1 Å². The SMILES string of the molecule is O=C(Cl)[C@H]1CCCN(c2cccnc2)C1. The molecule has 4 heteroatoms. The number of piperidine rings is 1. The first-order valence-electron chi connectivity index (χ1n) is 5.11. The highest BCUT2D eigenvalue weighted by atomic mass is 35.5. The van der Waals surface area contributed by atoms with Gasteiger partial charge in [0.1, 0.15) is 0 Å². The predicted molar refractivity (Wildman–Crippen MR) is 60.0 cm³/mol. The summed E-state index contributed by atoms with van der Waals surface area (Å²) in [7, 11) is 0. The highest BCUT2D eigenvalue weighted by Crippen LogP contribution is 2.23. The van der Waals surface area contributed by atoms with Gasteiger partial charge in [-0.05, 0) is 36.6 Å². The van der Waals surface area contributed by atoms with Gasteiger partial charge in [-0.2, -0.15) is 0 Å². The smallest absolute Gasteiger partial charge is 0.226 e. The zero-order chi connectivity index (χ0) is 10.7. The Balaban J connectivity index is 2.08. The maximum Gasteiger partial charge on any atom is 0.226 e. The fourth-order valence-electron chi connectivity index (χ4n) is 1.94. The van der Waals surface area contributed by atoms with Gasteiger partial charge in [0.25, 0.3) is 0 Å². The van der Waals surface area contributed by atoms with Crippen molar-refractivity contribution in [1.82, 2.24) is 4.98 Å². The van der Waals surface area contributed by atoms with E-state index in [9.17, 15) is 4.79 Å². The van der Waals surface area contributed by atoms with Gasteiger partial charge in [0.2, 0.25) is 5.24 Å². The minimum absolute atomic E-state index is 0.0272. The number of carbonyl (C=O) groups excluding carboxylic acids is 1. The first-order chi connectivity index (χ1) is 7.27. The molecule has 0 unspecified atom stereocenters. The fraction of sp³-hybridized carbons (Fsp3) is 0.455. The Bertz CT molecular complexity index is 342. The van der Waals surface area contributed by atoms with Crippen LogP contribution in [0, 0.1) is 5.92 Å². The standard InChI is InChI=1S/C11H13ClN2O/c12-11(15)9-3-2-6-14(8-9)10-4-1-5-13-7-10/h1,4-5,7,9H,2-3,6,8H2/t9-/m0/s1.